The Kier molecular flexibility index (Phi) is 8.02. The molecule has 1 aliphatic heterocycles. The molecule has 2 aliphatic rings. The number of H-pyrrole nitrogens is 1. The van der Waals surface area contributed by atoms with E-state index in [1.165, 1.54) is 20.0 Å². The summed E-state index contributed by atoms with van der Waals surface area (Å²) in [6.07, 6.45) is -0.0816. The van der Waals surface area contributed by atoms with E-state index in [0.717, 1.165) is 29.9 Å². The van der Waals surface area contributed by atoms with Gasteiger partial charge in [0.1, 0.15) is 30.1 Å². The molecule has 1 aliphatic carbocycles. The molecule has 1 aromatic heterocycles. The minimum absolute atomic E-state index is 0.162. The highest BCUT2D eigenvalue weighted by Gasteiger charge is 2.52. The molecule has 0 spiro atoms. The van der Waals surface area contributed by atoms with Crippen LogP contribution in [0.1, 0.15) is 39.3 Å². The summed E-state index contributed by atoms with van der Waals surface area (Å²) in [4.78, 5) is 38.3. The van der Waals surface area contributed by atoms with Crippen molar-refractivity contribution in [2.45, 2.75) is 69.2 Å². The van der Waals surface area contributed by atoms with Crippen LogP contribution in [0.2, 0.25) is 0 Å². The van der Waals surface area contributed by atoms with Gasteiger partial charge in [0.05, 0.1) is 12.1 Å². The molecule has 14 heteroatoms. The van der Waals surface area contributed by atoms with E-state index in [1.807, 2.05) is 0 Å². The van der Waals surface area contributed by atoms with Crippen molar-refractivity contribution >= 4 is 13.7 Å². The third kappa shape index (κ3) is 6.20. The van der Waals surface area contributed by atoms with Crippen molar-refractivity contribution in [3.63, 3.8) is 0 Å². The maximum Gasteiger partial charge on any atom is 0.459 e. The van der Waals surface area contributed by atoms with Crippen molar-refractivity contribution in [2.24, 2.45) is 5.73 Å². The Morgan fingerprint density at radius 2 is 2.03 bits per heavy atom. The summed E-state index contributed by atoms with van der Waals surface area (Å²) in [5.41, 5.74) is 3.43. The maximum atomic E-state index is 13.7. The molecule has 1 saturated heterocycles. The lowest BCUT2D eigenvalue weighted by Gasteiger charge is -2.29. The Hall–Kier alpha value is -2.80. The van der Waals surface area contributed by atoms with Crippen molar-refractivity contribution in [1.29, 1.82) is 0 Å². The molecule has 202 valence electrons. The number of rotatable bonds is 10. The highest BCUT2D eigenvalue weighted by Crippen LogP contribution is 2.46. The summed E-state index contributed by atoms with van der Waals surface area (Å²) in [5, 5.41) is 13.4. The smallest absolute Gasteiger partial charge is 0.459 e. The fourth-order valence-electron chi connectivity index (χ4n) is 3.97. The van der Waals surface area contributed by atoms with Crippen LogP contribution < -0.4 is 26.6 Å². The van der Waals surface area contributed by atoms with Gasteiger partial charge in [0.2, 0.25) is 0 Å². The first-order valence-electron chi connectivity index (χ1n) is 11.9. The van der Waals surface area contributed by atoms with E-state index in [0.29, 0.717) is 0 Å². The van der Waals surface area contributed by atoms with Crippen LogP contribution in [-0.2, 0) is 23.4 Å². The first-order valence-corrected chi connectivity index (χ1v) is 13.4. The number of nitrogens with one attached hydrogen (secondary N) is 2. The molecule has 5 N–H and O–H groups in total. The third-order valence-electron chi connectivity index (χ3n) is 6.35. The molecule has 2 aromatic rings. The molecular weight excluding hydrogens is 507 g/mol. The monoisotopic (exact) mass is 538 g/mol. The van der Waals surface area contributed by atoms with Gasteiger partial charge >= 0.3 is 19.4 Å². The molecule has 13 nitrogen and oxygen atoms in total. The molecule has 0 amide bonds. The number of para-hydroxylation sites is 1. The lowest BCUT2D eigenvalue weighted by Crippen LogP contribution is -2.53. The largest absolute Gasteiger partial charge is 0.461 e. The minimum atomic E-state index is -4.21. The second-order valence-corrected chi connectivity index (χ2v) is 11.1. The SMILES string of the molecule is C[C@H](NP(=O)(OC[C@H]1O[C@@H](n2ccc(=O)[nH]c2=O)[C@](C)(N)[C@@H]1O)Oc1ccccc1)C(=O)OC1CCC1. The number of carbonyl (C=O) groups is 1. The van der Waals surface area contributed by atoms with Gasteiger partial charge in [-0.3, -0.25) is 23.7 Å². The van der Waals surface area contributed by atoms with Gasteiger partial charge in [-0.15, -0.1) is 0 Å². The van der Waals surface area contributed by atoms with Gasteiger partial charge in [-0.1, -0.05) is 18.2 Å². The minimum Gasteiger partial charge on any atom is -0.461 e. The summed E-state index contributed by atoms with van der Waals surface area (Å²) >= 11 is 0. The Morgan fingerprint density at radius 3 is 2.65 bits per heavy atom. The third-order valence-corrected chi connectivity index (χ3v) is 7.99. The number of carbonyl (C=O) groups excluding carboxylic acids is 1. The molecule has 1 aromatic carbocycles. The van der Waals surface area contributed by atoms with Crippen LogP contribution in [0.15, 0.2) is 52.2 Å². The van der Waals surface area contributed by atoms with Crippen molar-refractivity contribution in [1.82, 2.24) is 14.6 Å². The van der Waals surface area contributed by atoms with E-state index in [1.54, 1.807) is 30.3 Å². The van der Waals surface area contributed by atoms with E-state index >= 15 is 0 Å². The molecular formula is C23H31N4O9P. The Balaban J connectivity index is 1.49. The normalized spacial score (nSPS) is 28.2. The molecule has 6 atom stereocenters. The van der Waals surface area contributed by atoms with Crippen molar-refractivity contribution in [3.05, 3.63) is 63.4 Å². The number of nitrogens with zero attached hydrogens (tertiary/aromatic N) is 1. The average Bonchev–Trinajstić information content (AvgIpc) is 3.04. The van der Waals surface area contributed by atoms with E-state index in [9.17, 15) is 24.1 Å². The molecule has 1 unspecified atom stereocenters. The Labute approximate surface area is 212 Å². The number of aliphatic hydroxyl groups is 1. The number of esters is 1. The maximum absolute atomic E-state index is 13.7. The number of aromatic amines is 1. The summed E-state index contributed by atoms with van der Waals surface area (Å²) in [7, 11) is -4.21. The van der Waals surface area contributed by atoms with Crippen LogP contribution >= 0.6 is 7.75 Å². The Bertz CT molecular complexity index is 1260. The molecule has 0 radical (unpaired) electrons. The fraction of sp³-hybridized carbons (Fsp3) is 0.522. The lowest BCUT2D eigenvalue weighted by molar-refractivity contribution is -0.154. The molecule has 37 heavy (non-hydrogen) atoms. The zero-order valence-electron chi connectivity index (χ0n) is 20.4. The van der Waals surface area contributed by atoms with Gasteiger partial charge in [-0.25, -0.2) is 9.36 Å². The van der Waals surface area contributed by atoms with Gasteiger partial charge < -0.3 is 24.8 Å². The number of aliphatic hydroxyl groups excluding tert-OH is 1. The fourth-order valence-corrected chi connectivity index (χ4v) is 5.47. The predicted molar refractivity (Wildman–Crippen MR) is 131 cm³/mol. The number of hydrogen-bond acceptors (Lipinski definition) is 10. The number of benzene rings is 1. The summed E-state index contributed by atoms with van der Waals surface area (Å²) in [6, 6.07) is 8.30. The average molecular weight is 538 g/mol. The van der Waals surface area contributed by atoms with Gasteiger partial charge in [0.25, 0.3) is 5.56 Å². The van der Waals surface area contributed by atoms with Gasteiger partial charge in [-0.05, 0) is 45.2 Å². The van der Waals surface area contributed by atoms with Crippen molar-refractivity contribution in [2.75, 3.05) is 6.61 Å². The van der Waals surface area contributed by atoms with Crippen molar-refractivity contribution < 1.29 is 33.0 Å². The van der Waals surface area contributed by atoms with Gasteiger partial charge in [0.15, 0.2) is 6.23 Å². The molecule has 4 rings (SSSR count). The van der Waals surface area contributed by atoms with Crippen LogP contribution in [0.25, 0.3) is 0 Å². The van der Waals surface area contributed by atoms with Crippen LogP contribution in [0.4, 0.5) is 0 Å². The summed E-state index contributed by atoms with van der Waals surface area (Å²) < 4.78 is 37.2. The van der Waals surface area contributed by atoms with E-state index < -0.39 is 61.6 Å². The first-order chi connectivity index (χ1) is 17.5. The molecule has 1 saturated carbocycles. The molecule has 0 bridgehead atoms. The van der Waals surface area contributed by atoms with Crippen molar-refractivity contribution in [3.8, 4) is 5.75 Å². The summed E-state index contributed by atoms with van der Waals surface area (Å²) in [6.45, 7) is 2.47. The van der Waals surface area contributed by atoms with Crippen LogP contribution in [-0.4, -0.2) is 57.1 Å². The number of ether oxygens (including phenoxy) is 2. The zero-order valence-corrected chi connectivity index (χ0v) is 21.3. The molecule has 2 heterocycles. The van der Waals surface area contributed by atoms with Crippen LogP contribution in [0, 0.1) is 0 Å². The Morgan fingerprint density at radius 1 is 1.32 bits per heavy atom. The van der Waals surface area contributed by atoms with Gasteiger partial charge in [0, 0.05) is 12.3 Å². The zero-order chi connectivity index (χ0) is 26.8. The second kappa shape index (κ2) is 10.9. The second-order valence-electron chi connectivity index (χ2n) is 9.39. The first kappa shape index (κ1) is 27.2. The molecule has 2 fully saturated rings. The standard InChI is InChI=1S/C23H31N4O9P/c1-14(20(30)34-15-9-6-10-15)26-37(32,36-16-7-4-3-5-8-16)33-13-17-19(29)23(2,24)21(35-17)27-12-11-18(28)25-22(27)31/h3-5,7-8,11-12,14-15,17,19,21,29H,6,9-10,13,24H2,1-2H3,(H,26,32)(H,25,28,31)/t14-,17+,19+,21+,23+,37?/m0/s1. The topological polar surface area (TPSA) is 184 Å². The van der Waals surface area contributed by atoms with Crippen LogP contribution in [0.5, 0.6) is 5.75 Å². The van der Waals surface area contributed by atoms with Crippen LogP contribution in [0.3, 0.4) is 0 Å². The van der Waals surface area contributed by atoms with E-state index in [2.05, 4.69) is 10.1 Å². The van der Waals surface area contributed by atoms with E-state index in [-0.39, 0.29) is 11.9 Å². The van der Waals surface area contributed by atoms with Gasteiger partial charge in [-0.2, -0.15) is 5.09 Å². The highest BCUT2D eigenvalue weighted by atomic mass is 31.2. The highest BCUT2D eigenvalue weighted by molar-refractivity contribution is 7.52. The quantitative estimate of drug-likeness (QED) is 0.248. The predicted octanol–water partition coefficient (Wildman–Crippen LogP) is 0.790. The number of hydrogen-bond donors (Lipinski definition) is 4. The van der Waals surface area contributed by atoms with E-state index in [4.69, 9.17) is 24.3 Å². The number of nitrogens with two attached hydrogens (primary N) is 1. The summed E-state index contributed by atoms with van der Waals surface area (Å²) in [5.74, 6) is -0.388. The number of aromatic nitrogens is 2. The lowest BCUT2D eigenvalue weighted by atomic mass is 9.93.